The summed E-state index contributed by atoms with van der Waals surface area (Å²) in [6.45, 7) is 0.534. The van der Waals surface area contributed by atoms with E-state index in [2.05, 4.69) is 15.6 Å². The topological polar surface area (TPSA) is 36.4 Å². The van der Waals surface area contributed by atoms with E-state index in [0.29, 0.717) is 18.1 Å². The summed E-state index contributed by atoms with van der Waals surface area (Å²) >= 11 is 0. The molecule has 2 N–H and O–H groups in total. The molecule has 0 aliphatic heterocycles. The van der Waals surface area contributed by atoms with Crippen LogP contribution < -0.4 is 10.6 Å². The summed E-state index contributed by atoms with van der Waals surface area (Å²) in [6, 6.07) is 11.2. The molecule has 7 heteroatoms. The molecule has 0 fully saturated rings. The van der Waals surface area contributed by atoms with Gasteiger partial charge in [0, 0.05) is 20.1 Å². The number of alkyl halides is 3. The van der Waals surface area contributed by atoms with Gasteiger partial charge in [-0.05, 0) is 35.4 Å². The van der Waals surface area contributed by atoms with E-state index in [4.69, 9.17) is 0 Å². The third-order valence-electron chi connectivity index (χ3n) is 3.29. The second-order valence-electron chi connectivity index (χ2n) is 5.11. The Morgan fingerprint density at radius 2 is 1.54 bits per heavy atom. The number of nitrogens with zero attached hydrogens (tertiary/aromatic N) is 1. The van der Waals surface area contributed by atoms with Crippen molar-refractivity contribution in [1.82, 2.24) is 10.6 Å². The number of nitrogens with one attached hydrogen (secondary N) is 2. The summed E-state index contributed by atoms with van der Waals surface area (Å²) in [5, 5.41) is 5.91. The highest BCUT2D eigenvalue weighted by Gasteiger charge is 2.30. The van der Waals surface area contributed by atoms with Crippen molar-refractivity contribution in [3.05, 3.63) is 71.0 Å². The first kappa shape index (κ1) is 17.8. The third-order valence-corrected chi connectivity index (χ3v) is 3.29. The molecule has 0 saturated carbocycles. The molecule has 0 saturated heterocycles. The van der Waals surface area contributed by atoms with Crippen molar-refractivity contribution in [2.75, 3.05) is 7.05 Å². The van der Waals surface area contributed by atoms with Crippen LogP contribution in [0.2, 0.25) is 0 Å². The molecule has 0 amide bonds. The molecule has 2 aromatic carbocycles. The standard InChI is InChI=1S/C17H17F4N3/c1-22-16(24-11-13-5-3-7-15(18)9-13)23-10-12-4-2-6-14(8-12)17(19,20)21/h2-9H,10-11H2,1H3,(H2,22,23,24). The zero-order chi connectivity index (χ0) is 17.6. The Bertz CT molecular complexity index is 711. The lowest BCUT2D eigenvalue weighted by atomic mass is 10.1. The van der Waals surface area contributed by atoms with Crippen LogP contribution in [0.1, 0.15) is 16.7 Å². The molecule has 128 valence electrons. The van der Waals surface area contributed by atoms with Gasteiger partial charge in [-0.1, -0.05) is 24.3 Å². The molecule has 0 heterocycles. The van der Waals surface area contributed by atoms with Gasteiger partial charge in [-0.15, -0.1) is 0 Å². The van der Waals surface area contributed by atoms with Crippen molar-refractivity contribution in [3.8, 4) is 0 Å². The SMILES string of the molecule is CN=C(NCc1cccc(F)c1)NCc1cccc(C(F)(F)F)c1. The predicted octanol–water partition coefficient (Wildman–Crippen LogP) is 3.71. The lowest BCUT2D eigenvalue weighted by molar-refractivity contribution is -0.137. The van der Waals surface area contributed by atoms with Crippen molar-refractivity contribution >= 4 is 5.96 Å². The maximum Gasteiger partial charge on any atom is 0.416 e. The number of rotatable bonds is 4. The Morgan fingerprint density at radius 1 is 0.958 bits per heavy atom. The zero-order valence-electron chi connectivity index (χ0n) is 13.0. The second-order valence-corrected chi connectivity index (χ2v) is 5.11. The first-order valence-electron chi connectivity index (χ1n) is 7.23. The molecule has 0 radical (unpaired) electrons. The molecule has 0 aromatic heterocycles. The molecule has 2 rings (SSSR count). The molecule has 0 atom stereocenters. The maximum atomic E-state index is 13.1. The number of halogens is 4. The first-order chi connectivity index (χ1) is 11.4. The second kappa shape index (κ2) is 7.81. The number of hydrogen-bond acceptors (Lipinski definition) is 1. The molecule has 0 aliphatic rings. The van der Waals surface area contributed by atoms with Gasteiger partial charge in [0.1, 0.15) is 5.82 Å². The van der Waals surface area contributed by atoms with Crippen LogP contribution in [0.4, 0.5) is 17.6 Å². The Labute approximate surface area is 137 Å². The molecule has 3 nitrogen and oxygen atoms in total. The van der Waals surface area contributed by atoms with Crippen LogP contribution >= 0.6 is 0 Å². The Kier molecular flexibility index (Phi) is 5.78. The van der Waals surface area contributed by atoms with Crippen LogP contribution in [0.3, 0.4) is 0 Å². The van der Waals surface area contributed by atoms with E-state index in [0.717, 1.165) is 17.7 Å². The van der Waals surface area contributed by atoms with Crippen molar-refractivity contribution in [3.63, 3.8) is 0 Å². The van der Waals surface area contributed by atoms with Crippen molar-refractivity contribution in [2.24, 2.45) is 4.99 Å². The minimum absolute atomic E-state index is 0.187. The maximum absolute atomic E-state index is 13.1. The van der Waals surface area contributed by atoms with Crippen LogP contribution in [-0.4, -0.2) is 13.0 Å². The Balaban J connectivity index is 1.92. The van der Waals surface area contributed by atoms with Crippen LogP contribution in [0.5, 0.6) is 0 Å². The van der Waals surface area contributed by atoms with Crippen LogP contribution in [0.15, 0.2) is 53.5 Å². The third kappa shape index (κ3) is 5.26. The Morgan fingerprint density at radius 3 is 2.08 bits per heavy atom. The normalized spacial score (nSPS) is 12.1. The van der Waals surface area contributed by atoms with Gasteiger partial charge in [0.15, 0.2) is 5.96 Å². The molecule has 0 aliphatic carbocycles. The molecule has 0 bridgehead atoms. The van der Waals surface area contributed by atoms with Gasteiger partial charge in [0.05, 0.1) is 5.56 Å². The highest BCUT2D eigenvalue weighted by atomic mass is 19.4. The predicted molar refractivity (Wildman–Crippen MR) is 84.9 cm³/mol. The smallest absolute Gasteiger partial charge is 0.352 e. The molecule has 2 aromatic rings. The Hall–Kier alpha value is -2.57. The minimum atomic E-state index is -4.37. The van der Waals surface area contributed by atoms with Crippen molar-refractivity contribution in [2.45, 2.75) is 19.3 Å². The van der Waals surface area contributed by atoms with Gasteiger partial charge in [-0.2, -0.15) is 13.2 Å². The highest BCUT2D eigenvalue weighted by molar-refractivity contribution is 5.79. The summed E-state index contributed by atoms with van der Waals surface area (Å²) in [5.74, 6) is 0.0814. The summed E-state index contributed by atoms with van der Waals surface area (Å²) in [6.07, 6.45) is -4.37. The van der Waals surface area contributed by atoms with E-state index in [9.17, 15) is 17.6 Å². The van der Waals surface area contributed by atoms with E-state index in [1.54, 1.807) is 25.2 Å². The van der Waals surface area contributed by atoms with E-state index in [-0.39, 0.29) is 12.4 Å². The summed E-state index contributed by atoms with van der Waals surface area (Å²) in [4.78, 5) is 3.99. The molecule has 0 unspecified atom stereocenters. The largest absolute Gasteiger partial charge is 0.416 e. The van der Waals surface area contributed by atoms with Gasteiger partial charge in [0.2, 0.25) is 0 Å². The van der Waals surface area contributed by atoms with E-state index in [1.807, 2.05) is 0 Å². The quantitative estimate of drug-likeness (QED) is 0.506. The summed E-state index contributed by atoms with van der Waals surface area (Å²) in [5.41, 5.74) is 0.528. The van der Waals surface area contributed by atoms with Crippen LogP contribution in [0, 0.1) is 5.82 Å². The molecular formula is C17H17F4N3. The average molecular weight is 339 g/mol. The minimum Gasteiger partial charge on any atom is -0.352 e. The fourth-order valence-electron chi connectivity index (χ4n) is 2.10. The monoisotopic (exact) mass is 339 g/mol. The molecule has 0 spiro atoms. The highest BCUT2D eigenvalue weighted by Crippen LogP contribution is 2.29. The number of guanidine groups is 1. The number of hydrogen-bond donors (Lipinski definition) is 2. The lowest BCUT2D eigenvalue weighted by Gasteiger charge is -2.13. The van der Waals surface area contributed by atoms with E-state index >= 15 is 0 Å². The van der Waals surface area contributed by atoms with Crippen molar-refractivity contribution < 1.29 is 17.6 Å². The zero-order valence-corrected chi connectivity index (χ0v) is 13.0. The first-order valence-corrected chi connectivity index (χ1v) is 7.23. The van der Waals surface area contributed by atoms with Gasteiger partial charge < -0.3 is 10.6 Å². The van der Waals surface area contributed by atoms with Gasteiger partial charge >= 0.3 is 6.18 Å². The van der Waals surface area contributed by atoms with Crippen LogP contribution in [0.25, 0.3) is 0 Å². The van der Waals surface area contributed by atoms with E-state index in [1.165, 1.54) is 18.2 Å². The summed E-state index contributed by atoms with van der Waals surface area (Å²) < 4.78 is 51.2. The van der Waals surface area contributed by atoms with Crippen LogP contribution in [-0.2, 0) is 19.3 Å². The number of aliphatic imine (C=N–C) groups is 1. The van der Waals surface area contributed by atoms with Gasteiger partial charge in [0.25, 0.3) is 0 Å². The van der Waals surface area contributed by atoms with E-state index < -0.39 is 11.7 Å². The fraction of sp³-hybridized carbons (Fsp3) is 0.235. The summed E-state index contributed by atoms with van der Waals surface area (Å²) in [7, 11) is 1.55. The molecular weight excluding hydrogens is 322 g/mol. The van der Waals surface area contributed by atoms with Gasteiger partial charge in [-0.3, -0.25) is 4.99 Å². The number of benzene rings is 2. The fourth-order valence-corrected chi connectivity index (χ4v) is 2.10. The lowest BCUT2D eigenvalue weighted by Crippen LogP contribution is -2.36. The molecule has 24 heavy (non-hydrogen) atoms. The average Bonchev–Trinajstić information content (AvgIpc) is 2.54. The van der Waals surface area contributed by atoms with Gasteiger partial charge in [-0.25, -0.2) is 4.39 Å². The van der Waals surface area contributed by atoms with Crippen molar-refractivity contribution in [1.29, 1.82) is 0 Å².